The summed E-state index contributed by atoms with van der Waals surface area (Å²) >= 11 is 3.99. The average molecular weight is 200 g/mol. The summed E-state index contributed by atoms with van der Waals surface area (Å²) in [6.07, 6.45) is 4.64. The van der Waals surface area contributed by atoms with E-state index in [0.29, 0.717) is 4.91 Å². The third-order valence-corrected chi connectivity index (χ3v) is 1.27. The fraction of sp³-hybridized carbons (Fsp3) is 0.300. The maximum Gasteiger partial charge on any atom is 0.331 e. The topological polar surface area (TPSA) is 37.3 Å². The molecule has 0 saturated heterocycles. The highest BCUT2D eigenvalue weighted by Crippen LogP contribution is 2.06. The molecule has 0 radical (unpaired) electrons. The highest BCUT2D eigenvalue weighted by Gasteiger charge is 1.97. The summed E-state index contributed by atoms with van der Waals surface area (Å²) in [7, 11) is 0. The Hall–Kier alpha value is -0.960. The zero-order valence-corrected chi connectivity index (χ0v) is 9.14. The zero-order valence-electron chi connectivity index (χ0n) is 8.24. The Labute approximate surface area is 85.1 Å². The van der Waals surface area contributed by atoms with Gasteiger partial charge in [0.2, 0.25) is 0 Å². The molecular formula is C10H16O2S. The molecule has 0 aliphatic carbocycles. The van der Waals surface area contributed by atoms with Crippen molar-refractivity contribution in [1.29, 1.82) is 0 Å². The summed E-state index contributed by atoms with van der Waals surface area (Å²) < 4.78 is 0. The highest BCUT2D eigenvalue weighted by molar-refractivity contribution is 7.84. The van der Waals surface area contributed by atoms with Gasteiger partial charge in [-0.05, 0) is 19.1 Å². The van der Waals surface area contributed by atoms with Crippen LogP contribution in [-0.4, -0.2) is 11.1 Å². The molecule has 0 atom stereocenters. The molecular weight excluding hydrogens is 184 g/mol. The molecule has 1 N–H and O–H groups in total. The van der Waals surface area contributed by atoms with Crippen LogP contribution in [0.2, 0.25) is 0 Å². The number of hydrogen-bond donors (Lipinski definition) is 2. The summed E-state index contributed by atoms with van der Waals surface area (Å²) in [5.41, 5.74) is 0.258. The van der Waals surface area contributed by atoms with Crippen molar-refractivity contribution in [2.45, 2.75) is 20.8 Å². The monoisotopic (exact) mass is 200 g/mol. The smallest absolute Gasteiger partial charge is 0.331 e. The number of allylic oxidation sites excluding steroid dienone is 3. The number of carboxylic acids is 1. The first-order valence-electron chi connectivity index (χ1n) is 4.01. The summed E-state index contributed by atoms with van der Waals surface area (Å²) in [4.78, 5) is 10.9. The number of carbonyl (C=O) groups is 1. The van der Waals surface area contributed by atoms with Crippen LogP contribution in [0.4, 0.5) is 0 Å². The molecule has 0 aromatic carbocycles. The SMILES string of the molecule is C=C/C=C(S)\C=C(/C)C(=O)O.CC. The lowest BCUT2D eigenvalue weighted by Gasteiger charge is -1.91. The summed E-state index contributed by atoms with van der Waals surface area (Å²) in [6, 6.07) is 0. The predicted molar refractivity (Wildman–Crippen MR) is 60.0 cm³/mol. The number of aliphatic carboxylic acids is 1. The molecule has 0 aliphatic rings. The van der Waals surface area contributed by atoms with E-state index in [1.165, 1.54) is 13.0 Å². The molecule has 0 amide bonds. The van der Waals surface area contributed by atoms with Crippen LogP contribution in [0.15, 0.2) is 35.3 Å². The average Bonchev–Trinajstić information content (AvgIpc) is 2.08. The van der Waals surface area contributed by atoms with E-state index in [2.05, 4.69) is 19.2 Å². The van der Waals surface area contributed by atoms with Gasteiger partial charge in [0.15, 0.2) is 0 Å². The van der Waals surface area contributed by atoms with Crippen LogP contribution < -0.4 is 0 Å². The number of thiol groups is 1. The van der Waals surface area contributed by atoms with E-state index < -0.39 is 5.97 Å². The van der Waals surface area contributed by atoms with Gasteiger partial charge < -0.3 is 5.11 Å². The molecule has 0 aromatic heterocycles. The van der Waals surface area contributed by atoms with E-state index in [1.54, 1.807) is 12.2 Å². The van der Waals surface area contributed by atoms with Gasteiger partial charge in [-0.3, -0.25) is 0 Å². The van der Waals surface area contributed by atoms with Crippen molar-refractivity contribution < 1.29 is 9.90 Å². The molecule has 0 spiro atoms. The minimum Gasteiger partial charge on any atom is -0.478 e. The van der Waals surface area contributed by atoms with Crippen molar-refractivity contribution in [2.24, 2.45) is 0 Å². The molecule has 2 nitrogen and oxygen atoms in total. The quantitative estimate of drug-likeness (QED) is 0.417. The first kappa shape index (κ1) is 14.6. The molecule has 0 rings (SSSR count). The van der Waals surface area contributed by atoms with Crippen LogP contribution in [0.1, 0.15) is 20.8 Å². The fourth-order valence-corrected chi connectivity index (χ4v) is 0.751. The van der Waals surface area contributed by atoms with Crippen LogP contribution in [0.5, 0.6) is 0 Å². The molecule has 0 bridgehead atoms. The zero-order chi connectivity index (χ0) is 10.9. The predicted octanol–water partition coefficient (Wildman–Crippen LogP) is 3.04. The summed E-state index contributed by atoms with van der Waals surface area (Å²) in [5, 5.41) is 8.44. The maximum atomic E-state index is 10.3. The Kier molecular flexibility index (Phi) is 10.2. The Morgan fingerprint density at radius 3 is 2.23 bits per heavy atom. The third kappa shape index (κ3) is 8.95. The van der Waals surface area contributed by atoms with Gasteiger partial charge in [-0.1, -0.05) is 26.5 Å². The van der Waals surface area contributed by atoms with Gasteiger partial charge in [-0.25, -0.2) is 4.79 Å². The van der Waals surface area contributed by atoms with E-state index in [-0.39, 0.29) is 5.57 Å². The molecule has 0 aliphatic heterocycles. The van der Waals surface area contributed by atoms with E-state index in [9.17, 15) is 4.79 Å². The van der Waals surface area contributed by atoms with Gasteiger partial charge in [0.1, 0.15) is 0 Å². The van der Waals surface area contributed by atoms with Gasteiger partial charge in [0.05, 0.1) is 0 Å². The molecule has 0 aromatic rings. The lowest BCUT2D eigenvalue weighted by molar-refractivity contribution is -0.132. The standard InChI is InChI=1S/C8H10O2S.C2H6/c1-3-4-7(11)5-6(2)8(9)10;1-2/h3-5,11H,1H2,2H3,(H,9,10);1-2H3/b6-5+,7-4+;. The van der Waals surface area contributed by atoms with Crippen molar-refractivity contribution in [3.8, 4) is 0 Å². The lowest BCUT2D eigenvalue weighted by Crippen LogP contribution is -1.95. The van der Waals surface area contributed by atoms with Crippen LogP contribution in [0.3, 0.4) is 0 Å². The maximum absolute atomic E-state index is 10.3. The minimum absolute atomic E-state index is 0.258. The van der Waals surface area contributed by atoms with Gasteiger partial charge in [0.25, 0.3) is 0 Å². The van der Waals surface area contributed by atoms with Crippen molar-refractivity contribution >= 4 is 18.6 Å². The molecule has 74 valence electrons. The molecule has 0 fully saturated rings. The van der Waals surface area contributed by atoms with Gasteiger partial charge in [-0.15, -0.1) is 12.6 Å². The first-order chi connectivity index (χ1) is 6.07. The summed E-state index contributed by atoms with van der Waals surface area (Å²) in [5.74, 6) is -0.936. The van der Waals surface area contributed by atoms with E-state index >= 15 is 0 Å². The third-order valence-electron chi connectivity index (χ3n) is 0.990. The Balaban J connectivity index is 0. The molecule has 13 heavy (non-hydrogen) atoms. The van der Waals surface area contributed by atoms with Gasteiger partial charge >= 0.3 is 5.97 Å². The van der Waals surface area contributed by atoms with E-state index in [1.807, 2.05) is 13.8 Å². The van der Waals surface area contributed by atoms with Crippen LogP contribution in [0.25, 0.3) is 0 Å². The summed E-state index contributed by atoms with van der Waals surface area (Å²) in [6.45, 7) is 8.96. The highest BCUT2D eigenvalue weighted by atomic mass is 32.1. The van der Waals surface area contributed by atoms with Crippen molar-refractivity contribution in [1.82, 2.24) is 0 Å². The number of hydrogen-bond acceptors (Lipinski definition) is 2. The van der Waals surface area contributed by atoms with E-state index in [0.717, 1.165) is 0 Å². The Bertz CT molecular complexity index is 227. The Morgan fingerprint density at radius 1 is 1.46 bits per heavy atom. The van der Waals surface area contributed by atoms with Crippen molar-refractivity contribution in [2.75, 3.05) is 0 Å². The van der Waals surface area contributed by atoms with Crippen LogP contribution >= 0.6 is 12.6 Å². The second kappa shape index (κ2) is 9.13. The fourth-order valence-electron chi connectivity index (χ4n) is 0.452. The first-order valence-corrected chi connectivity index (χ1v) is 4.46. The van der Waals surface area contributed by atoms with Crippen molar-refractivity contribution in [3.63, 3.8) is 0 Å². The molecule has 0 saturated carbocycles. The second-order valence-electron chi connectivity index (χ2n) is 1.96. The minimum atomic E-state index is -0.936. The number of rotatable bonds is 3. The number of carboxylic acid groups (broad SMARTS) is 1. The Morgan fingerprint density at radius 2 is 1.92 bits per heavy atom. The molecule has 0 unspecified atom stereocenters. The lowest BCUT2D eigenvalue weighted by atomic mass is 10.3. The largest absolute Gasteiger partial charge is 0.478 e. The second-order valence-corrected chi connectivity index (χ2v) is 2.48. The molecule has 0 heterocycles. The molecule has 3 heteroatoms. The van der Waals surface area contributed by atoms with Gasteiger partial charge in [0, 0.05) is 10.5 Å². The van der Waals surface area contributed by atoms with Crippen LogP contribution in [-0.2, 0) is 4.79 Å². The van der Waals surface area contributed by atoms with Crippen molar-refractivity contribution in [3.05, 3.63) is 35.3 Å². The van der Waals surface area contributed by atoms with E-state index in [4.69, 9.17) is 5.11 Å². The normalized spacial score (nSPS) is 11.4. The van der Waals surface area contributed by atoms with Gasteiger partial charge in [-0.2, -0.15) is 0 Å². The van der Waals surface area contributed by atoms with Crippen LogP contribution in [0, 0.1) is 0 Å².